The largest absolute Gasteiger partial charge is 0.444 e. The maximum atomic E-state index is 12.2. The van der Waals surface area contributed by atoms with Gasteiger partial charge in [0.05, 0.1) is 9.40 Å². The molecule has 0 aliphatic carbocycles. The predicted octanol–water partition coefficient (Wildman–Crippen LogP) is 4.56. The molecule has 25 heavy (non-hydrogen) atoms. The lowest BCUT2D eigenvalue weighted by Crippen LogP contribution is -2.37. The van der Waals surface area contributed by atoms with E-state index >= 15 is 0 Å². The van der Waals surface area contributed by atoms with Crippen LogP contribution in [-0.2, 0) is 4.74 Å². The number of ether oxygens (including phenoxy) is 1. The summed E-state index contributed by atoms with van der Waals surface area (Å²) in [6, 6.07) is 5.20. The number of carbonyl (C=O) groups excluding carboxylic acids is 1. The Morgan fingerprint density at radius 1 is 1.36 bits per heavy atom. The van der Waals surface area contributed by atoms with E-state index in [0.29, 0.717) is 29.7 Å². The minimum Gasteiger partial charge on any atom is -0.444 e. The van der Waals surface area contributed by atoms with Crippen molar-refractivity contribution < 1.29 is 14.5 Å². The van der Waals surface area contributed by atoms with E-state index in [1.807, 2.05) is 20.8 Å². The van der Waals surface area contributed by atoms with Crippen LogP contribution in [0.3, 0.4) is 0 Å². The summed E-state index contributed by atoms with van der Waals surface area (Å²) < 4.78 is 5.87. The van der Waals surface area contributed by atoms with Crippen LogP contribution in [0.1, 0.15) is 40.0 Å². The van der Waals surface area contributed by atoms with E-state index in [4.69, 9.17) is 4.74 Å². The topological polar surface area (TPSA) is 84.7 Å². The van der Waals surface area contributed by atoms with Crippen LogP contribution in [-0.4, -0.2) is 40.6 Å². The van der Waals surface area contributed by atoms with Gasteiger partial charge >= 0.3 is 11.8 Å². The minimum absolute atomic E-state index is 0.0377. The zero-order valence-electron chi connectivity index (χ0n) is 14.8. The highest BCUT2D eigenvalue weighted by atomic mass is 79.9. The first-order valence-corrected chi connectivity index (χ1v) is 9.14. The molecule has 1 amide bonds. The number of hydrogen-bond donors (Lipinski definition) is 1. The van der Waals surface area contributed by atoms with Crippen molar-refractivity contribution >= 4 is 33.4 Å². The molecule has 1 aromatic carbocycles. The second kappa shape index (κ2) is 8.03. The molecule has 0 radical (unpaired) electrons. The summed E-state index contributed by atoms with van der Waals surface area (Å²) in [6.07, 6.45) is 2.06. The molecule has 0 saturated carbocycles. The zero-order valence-corrected chi connectivity index (χ0v) is 16.3. The molecule has 1 saturated heterocycles. The summed E-state index contributed by atoms with van der Waals surface area (Å²) in [5, 5.41) is 14.6. The molecular formula is C17H24BrN3O4. The highest BCUT2D eigenvalue weighted by molar-refractivity contribution is 9.10. The van der Waals surface area contributed by atoms with Gasteiger partial charge in [0.1, 0.15) is 11.3 Å². The van der Waals surface area contributed by atoms with Crippen LogP contribution in [0.2, 0.25) is 0 Å². The van der Waals surface area contributed by atoms with E-state index in [1.54, 1.807) is 23.1 Å². The molecule has 138 valence electrons. The Morgan fingerprint density at radius 3 is 2.72 bits per heavy atom. The number of anilines is 1. The standard InChI is InChI=1S/C17H24BrN3O4/c1-17(2,3)25-16(22)20-10-5-6-12(9-11-20)19-14-8-4-7-13(18)15(14)21(23)24/h4,7-8,12,19H,5-6,9-11H2,1-3H3. The quantitative estimate of drug-likeness (QED) is 0.579. The first kappa shape index (κ1) is 19.5. The third-order valence-electron chi connectivity index (χ3n) is 3.91. The van der Waals surface area contributed by atoms with Crippen LogP contribution in [0.4, 0.5) is 16.2 Å². The second-order valence-corrected chi connectivity index (χ2v) is 7.99. The first-order chi connectivity index (χ1) is 11.7. The first-order valence-electron chi connectivity index (χ1n) is 8.35. The van der Waals surface area contributed by atoms with Crippen molar-refractivity contribution in [1.29, 1.82) is 0 Å². The van der Waals surface area contributed by atoms with Gasteiger partial charge in [0.25, 0.3) is 0 Å². The van der Waals surface area contributed by atoms with Crippen LogP contribution in [0.5, 0.6) is 0 Å². The molecule has 2 rings (SSSR count). The number of amides is 1. The Kier molecular flexibility index (Phi) is 6.26. The molecule has 7 nitrogen and oxygen atoms in total. The zero-order chi connectivity index (χ0) is 18.6. The summed E-state index contributed by atoms with van der Waals surface area (Å²) in [4.78, 5) is 24.8. The molecule has 0 aromatic heterocycles. The fourth-order valence-corrected chi connectivity index (χ4v) is 3.30. The van der Waals surface area contributed by atoms with Gasteiger partial charge in [-0.25, -0.2) is 4.79 Å². The molecule has 8 heteroatoms. The number of hydrogen-bond acceptors (Lipinski definition) is 5. The molecule has 1 unspecified atom stereocenters. The number of para-hydroxylation sites is 1. The van der Waals surface area contributed by atoms with Crippen LogP contribution >= 0.6 is 15.9 Å². The predicted molar refractivity (Wildman–Crippen MR) is 99.9 cm³/mol. The molecular weight excluding hydrogens is 390 g/mol. The van der Waals surface area contributed by atoms with E-state index in [1.165, 1.54) is 0 Å². The normalized spacial score (nSPS) is 18.4. The minimum atomic E-state index is -0.516. The number of nitrogens with one attached hydrogen (secondary N) is 1. The van der Waals surface area contributed by atoms with E-state index in [-0.39, 0.29) is 17.8 Å². The molecule has 1 atom stereocenters. The van der Waals surface area contributed by atoms with Gasteiger partial charge in [0.2, 0.25) is 0 Å². The van der Waals surface area contributed by atoms with Crippen LogP contribution in [0.15, 0.2) is 22.7 Å². The highest BCUT2D eigenvalue weighted by Gasteiger charge is 2.26. The van der Waals surface area contributed by atoms with E-state index < -0.39 is 10.5 Å². The van der Waals surface area contributed by atoms with Crippen molar-refractivity contribution in [3.8, 4) is 0 Å². The fraction of sp³-hybridized carbons (Fsp3) is 0.588. The van der Waals surface area contributed by atoms with Gasteiger partial charge in [-0.1, -0.05) is 6.07 Å². The Morgan fingerprint density at radius 2 is 2.08 bits per heavy atom. The molecule has 1 aromatic rings. The number of likely N-dealkylation sites (tertiary alicyclic amines) is 1. The number of nitro groups is 1. The average molecular weight is 414 g/mol. The monoisotopic (exact) mass is 413 g/mol. The maximum absolute atomic E-state index is 12.2. The number of benzene rings is 1. The Bertz CT molecular complexity index is 645. The molecule has 0 spiro atoms. The van der Waals surface area contributed by atoms with Gasteiger partial charge in [-0.15, -0.1) is 0 Å². The molecule has 1 fully saturated rings. The number of halogens is 1. The van der Waals surface area contributed by atoms with Crippen molar-refractivity contribution in [3.05, 3.63) is 32.8 Å². The lowest BCUT2D eigenvalue weighted by molar-refractivity contribution is -0.384. The highest BCUT2D eigenvalue weighted by Crippen LogP contribution is 2.33. The number of rotatable bonds is 3. The average Bonchev–Trinajstić information content (AvgIpc) is 2.71. The molecule has 1 heterocycles. The van der Waals surface area contributed by atoms with Crippen molar-refractivity contribution in [3.63, 3.8) is 0 Å². The van der Waals surface area contributed by atoms with Gasteiger partial charge < -0.3 is 15.0 Å². The molecule has 1 N–H and O–H groups in total. The Balaban J connectivity index is 2.02. The third kappa shape index (κ3) is 5.59. The molecule has 1 aliphatic heterocycles. The second-order valence-electron chi connectivity index (χ2n) is 7.13. The van der Waals surface area contributed by atoms with E-state index in [9.17, 15) is 14.9 Å². The van der Waals surface area contributed by atoms with Crippen LogP contribution in [0.25, 0.3) is 0 Å². The number of carbonyl (C=O) groups is 1. The van der Waals surface area contributed by atoms with Crippen molar-refractivity contribution in [2.24, 2.45) is 0 Å². The van der Waals surface area contributed by atoms with Gasteiger partial charge in [-0.3, -0.25) is 10.1 Å². The van der Waals surface area contributed by atoms with Gasteiger partial charge in [-0.2, -0.15) is 0 Å². The number of nitro benzene ring substituents is 1. The molecule has 1 aliphatic rings. The Labute approximate surface area is 156 Å². The summed E-state index contributed by atoms with van der Waals surface area (Å²) in [5.41, 5.74) is 0.0173. The smallest absolute Gasteiger partial charge is 0.410 e. The van der Waals surface area contributed by atoms with Gasteiger partial charge in [0, 0.05) is 19.1 Å². The molecule has 0 bridgehead atoms. The maximum Gasteiger partial charge on any atom is 0.410 e. The SMILES string of the molecule is CC(C)(C)OC(=O)N1CCCC(Nc2cccc(Br)c2[N+](=O)[O-])CC1. The van der Waals surface area contributed by atoms with E-state index in [2.05, 4.69) is 21.2 Å². The van der Waals surface area contributed by atoms with Crippen molar-refractivity contribution in [2.45, 2.75) is 51.7 Å². The summed E-state index contributed by atoms with van der Waals surface area (Å²) >= 11 is 3.23. The lowest BCUT2D eigenvalue weighted by atomic mass is 10.1. The van der Waals surface area contributed by atoms with E-state index in [0.717, 1.165) is 12.8 Å². The van der Waals surface area contributed by atoms with Gasteiger partial charge in [-0.05, 0) is 68.1 Å². The third-order valence-corrected chi connectivity index (χ3v) is 4.55. The van der Waals surface area contributed by atoms with Crippen molar-refractivity contribution in [2.75, 3.05) is 18.4 Å². The van der Waals surface area contributed by atoms with Crippen molar-refractivity contribution in [1.82, 2.24) is 4.90 Å². The van der Waals surface area contributed by atoms with Gasteiger partial charge in [0.15, 0.2) is 0 Å². The summed E-state index contributed by atoms with van der Waals surface area (Å²) in [6.45, 7) is 6.74. The number of nitrogens with zero attached hydrogens (tertiary/aromatic N) is 2. The lowest BCUT2D eigenvalue weighted by Gasteiger charge is -2.26. The van der Waals surface area contributed by atoms with Crippen LogP contribution < -0.4 is 5.32 Å². The Hall–Kier alpha value is -1.83. The summed E-state index contributed by atoms with van der Waals surface area (Å²) in [7, 11) is 0. The summed E-state index contributed by atoms with van der Waals surface area (Å²) in [5.74, 6) is 0. The van der Waals surface area contributed by atoms with Crippen LogP contribution in [0, 0.1) is 10.1 Å². The fourth-order valence-electron chi connectivity index (χ4n) is 2.79.